The SMILES string of the molecule is CCC(C)c1ncc2ncccn12. The molecule has 0 saturated carbocycles. The molecule has 3 heteroatoms. The van der Waals surface area contributed by atoms with Crippen molar-refractivity contribution in [3.8, 4) is 0 Å². The Labute approximate surface area is 77.4 Å². The van der Waals surface area contributed by atoms with Gasteiger partial charge >= 0.3 is 0 Å². The van der Waals surface area contributed by atoms with Crippen LogP contribution >= 0.6 is 0 Å². The van der Waals surface area contributed by atoms with E-state index in [-0.39, 0.29) is 0 Å². The van der Waals surface area contributed by atoms with E-state index in [1.807, 2.05) is 22.9 Å². The van der Waals surface area contributed by atoms with Gasteiger partial charge in [-0.15, -0.1) is 0 Å². The molecule has 2 rings (SSSR count). The van der Waals surface area contributed by atoms with Gasteiger partial charge in [0.05, 0.1) is 6.20 Å². The zero-order valence-electron chi connectivity index (χ0n) is 7.94. The summed E-state index contributed by atoms with van der Waals surface area (Å²) >= 11 is 0. The zero-order chi connectivity index (χ0) is 9.26. The van der Waals surface area contributed by atoms with E-state index in [9.17, 15) is 0 Å². The minimum absolute atomic E-state index is 0.492. The Balaban J connectivity index is 2.57. The molecule has 2 aromatic rings. The van der Waals surface area contributed by atoms with Crippen molar-refractivity contribution in [3.63, 3.8) is 0 Å². The average molecular weight is 175 g/mol. The van der Waals surface area contributed by atoms with Gasteiger partial charge in [0, 0.05) is 18.3 Å². The summed E-state index contributed by atoms with van der Waals surface area (Å²) in [5.41, 5.74) is 0.929. The highest BCUT2D eigenvalue weighted by Crippen LogP contribution is 2.17. The van der Waals surface area contributed by atoms with Crippen LogP contribution in [-0.4, -0.2) is 14.4 Å². The van der Waals surface area contributed by atoms with Gasteiger partial charge < -0.3 is 0 Å². The van der Waals surface area contributed by atoms with Crippen LogP contribution < -0.4 is 0 Å². The lowest BCUT2D eigenvalue weighted by Gasteiger charge is -2.06. The van der Waals surface area contributed by atoms with Crippen molar-refractivity contribution >= 4 is 5.65 Å². The van der Waals surface area contributed by atoms with Gasteiger partial charge in [-0.25, -0.2) is 9.97 Å². The lowest BCUT2D eigenvalue weighted by atomic mass is 10.1. The number of hydrogen-bond donors (Lipinski definition) is 0. The molecule has 2 heterocycles. The minimum atomic E-state index is 0.492. The smallest absolute Gasteiger partial charge is 0.156 e. The van der Waals surface area contributed by atoms with Crippen LogP contribution in [0.1, 0.15) is 32.0 Å². The molecule has 0 aromatic carbocycles. The van der Waals surface area contributed by atoms with E-state index < -0.39 is 0 Å². The van der Waals surface area contributed by atoms with Gasteiger partial charge in [0.2, 0.25) is 0 Å². The molecule has 13 heavy (non-hydrogen) atoms. The lowest BCUT2D eigenvalue weighted by Crippen LogP contribution is -1.99. The van der Waals surface area contributed by atoms with Crippen molar-refractivity contribution in [1.29, 1.82) is 0 Å². The molecule has 2 aromatic heterocycles. The summed E-state index contributed by atoms with van der Waals surface area (Å²) in [5.74, 6) is 1.59. The third kappa shape index (κ3) is 1.30. The summed E-state index contributed by atoms with van der Waals surface area (Å²) in [6.45, 7) is 4.35. The van der Waals surface area contributed by atoms with Crippen LogP contribution in [0.3, 0.4) is 0 Å². The first-order valence-electron chi connectivity index (χ1n) is 4.61. The molecule has 0 N–H and O–H groups in total. The van der Waals surface area contributed by atoms with Crippen LogP contribution in [-0.2, 0) is 0 Å². The Morgan fingerprint density at radius 1 is 1.46 bits per heavy atom. The molecule has 1 unspecified atom stereocenters. The third-order valence-electron chi connectivity index (χ3n) is 2.39. The number of fused-ring (bicyclic) bond motifs is 1. The maximum Gasteiger partial charge on any atom is 0.156 e. The van der Waals surface area contributed by atoms with Gasteiger partial charge in [0.25, 0.3) is 0 Å². The second kappa shape index (κ2) is 3.17. The largest absolute Gasteiger partial charge is 0.288 e. The van der Waals surface area contributed by atoms with E-state index in [1.54, 1.807) is 6.20 Å². The van der Waals surface area contributed by atoms with E-state index >= 15 is 0 Å². The molecule has 0 fully saturated rings. The highest BCUT2D eigenvalue weighted by Gasteiger charge is 2.09. The topological polar surface area (TPSA) is 30.2 Å². The number of rotatable bonds is 2. The molecule has 0 aliphatic heterocycles. The van der Waals surface area contributed by atoms with Crippen LogP contribution in [0.25, 0.3) is 5.65 Å². The van der Waals surface area contributed by atoms with E-state index in [1.165, 1.54) is 0 Å². The number of nitrogens with zero attached hydrogens (tertiary/aromatic N) is 3. The van der Waals surface area contributed by atoms with E-state index in [0.29, 0.717) is 5.92 Å². The highest BCUT2D eigenvalue weighted by atomic mass is 15.1. The van der Waals surface area contributed by atoms with Gasteiger partial charge in [-0.1, -0.05) is 13.8 Å². The molecular weight excluding hydrogens is 162 g/mol. The monoisotopic (exact) mass is 175 g/mol. The van der Waals surface area contributed by atoms with Gasteiger partial charge in [-0.2, -0.15) is 0 Å². The first kappa shape index (κ1) is 8.23. The Hall–Kier alpha value is -1.38. The normalized spacial score (nSPS) is 13.4. The van der Waals surface area contributed by atoms with Crippen molar-refractivity contribution < 1.29 is 0 Å². The zero-order valence-corrected chi connectivity index (χ0v) is 7.94. The second-order valence-corrected chi connectivity index (χ2v) is 3.27. The second-order valence-electron chi connectivity index (χ2n) is 3.27. The first-order chi connectivity index (χ1) is 6.33. The van der Waals surface area contributed by atoms with Crippen LogP contribution in [0.4, 0.5) is 0 Å². The molecule has 0 aliphatic carbocycles. The molecule has 0 bridgehead atoms. The van der Waals surface area contributed by atoms with E-state index in [4.69, 9.17) is 0 Å². The van der Waals surface area contributed by atoms with Gasteiger partial charge in [0.15, 0.2) is 5.65 Å². The molecule has 0 amide bonds. The van der Waals surface area contributed by atoms with Crippen molar-refractivity contribution in [2.75, 3.05) is 0 Å². The van der Waals surface area contributed by atoms with Gasteiger partial charge in [-0.3, -0.25) is 4.40 Å². The Morgan fingerprint density at radius 3 is 3.08 bits per heavy atom. The quantitative estimate of drug-likeness (QED) is 0.700. The fourth-order valence-electron chi connectivity index (χ4n) is 1.41. The Morgan fingerprint density at radius 2 is 2.31 bits per heavy atom. The summed E-state index contributed by atoms with van der Waals surface area (Å²) in [6, 6.07) is 1.93. The predicted molar refractivity (Wildman–Crippen MR) is 51.7 cm³/mol. The maximum atomic E-state index is 4.37. The molecular formula is C10H13N3. The standard InChI is InChI=1S/C10H13N3/c1-3-8(2)10-12-7-9-11-5-4-6-13(9)10/h4-8H,3H2,1-2H3. The number of aromatic nitrogens is 3. The molecule has 68 valence electrons. The third-order valence-corrected chi connectivity index (χ3v) is 2.39. The van der Waals surface area contributed by atoms with Crippen molar-refractivity contribution in [1.82, 2.24) is 14.4 Å². The molecule has 0 radical (unpaired) electrons. The Kier molecular flexibility index (Phi) is 2.00. The molecule has 0 spiro atoms. The van der Waals surface area contributed by atoms with E-state index in [0.717, 1.165) is 17.9 Å². The molecule has 0 saturated heterocycles. The van der Waals surface area contributed by atoms with Crippen molar-refractivity contribution in [2.45, 2.75) is 26.2 Å². The van der Waals surface area contributed by atoms with Crippen LogP contribution in [0.15, 0.2) is 24.7 Å². The van der Waals surface area contributed by atoms with Crippen LogP contribution in [0, 0.1) is 0 Å². The highest BCUT2D eigenvalue weighted by molar-refractivity contribution is 5.36. The number of imidazole rings is 1. The number of hydrogen-bond acceptors (Lipinski definition) is 2. The minimum Gasteiger partial charge on any atom is -0.288 e. The predicted octanol–water partition coefficient (Wildman–Crippen LogP) is 2.24. The van der Waals surface area contributed by atoms with Crippen molar-refractivity contribution in [3.05, 3.63) is 30.5 Å². The van der Waals surface area contributed by atoms with E-state index in [2.05, 4.69) is 23.8 Å². The Bertz CT molecular complexity index is 405. The summed E-state index contributed by atoms with van der Waals surface area (Å²) in [6.07, 6.45) is 6.73. The van der Waals surface area contributed by atoms with Crippen LogP contribution in [0.2, 0.25) is 0 Å². The molecule has 0 aliphatic rings. The summed E-state index contributed by atoms with van der Waals surface area (Å²) in [4.78, 5) is 8.59. The summed E-state index contributed by atoms with van der Waals surface area (Å²) in [7, 11) is 0. The summed E-state index contributed by atoms with van der Waals surface area (Å²) < 4.78 is 2.05. The van der Waals surface area contributed by atoms with Crippen molar-refractivity contribution in [2.24, 2.45) is 0 Å². The maximum absolute atomic E-state index is 4.37. The molecule has 3 nitrogen and oxygen atoms in total. The summed E-state index contributed by atoms with van der Waals surface area (Å²) in [5, 5.41) is 0. The fraction of sp³-hybridized carbons (Fsp3) is 0.400. The first-order valence-corrected chi connectivity index (χ1v) is 4.61. The molecule has 1 atom stereocenters. The van der Waals surface area contributed by atoms with Gasteiger partial charge in [-0.05, 0) is 12.5 Å². The van der Waals surface area contributed by atoms with Crippen LogP contribution in [0.5, 0.6) is 0 Å². The lowest BCUT2D eigenvalue weighted by molar-refractivity contribution is 0.674. The van der Waals surface area contributed by atoms with Gasteiger partial charge in [0.1, 0.15) is 5.82 Å². The fourth-order valence-corrected chi connectivity index (χ4v) is 1.41. The average Bonchev–Trinajstić information content (AvgIpc) is 2.60.